The first-order chi connectivity index (χ1) is 49.7. The molecule has 0 aromatic carbocycles. The van der Waals surface area contributed by atoms with Gasteiger partial charge in [0.25, 0.3) is 0 Å². The number of carbonyl (C=O) groups is 4. The molecule has 0 aromatic heterocycles. The quantitative estimate of drug-likeness (QED) is 0.0169. The maximum absolute atomic E-state index is 13.1. The number of allylic oxidation sites excluding steroid dienone is 28. The topological polar surface area (TPSA) is 237 Å². The van der Waals surface area contributed by atoms with E-state index < -0.39 is 97.5 Å². The first kappa shape index (κ1) is 96.4. The van der Waals surface area contributed by atoms with Crippen molar-refractivity contribution in [3.05, 3.63) is 170 Å². The standard InChI is InChI=1S/C83H134O17P2/c1-5-9-13-17-21-25-29-33-35-37-38-40-42-46-48-52-56-60-64-68-81(86)94-74-79(100-83(88)70-66-62-58-54-50-44-32-28-24-20-16-12-8-4)76-98-102(91,92)96-72-77(84)71-95-101(89,90)97-75-78(99-82(87)69-65-61-57-53-49-43-31-27-23-19-15-11-7-3)73-93-80(85)67-63-59-55-51-47-45-41-39-36-34-30-26-22-18-14-10-6-2/h9-10,13-15,19,21-22,25-28,31-36,38,40-41,45-46,48,51,55-56,60,77-79,84H,5-8,11-12,16-18,20,23-24,29-30,37,39,42-44,47,49-50,52-54,57-59,61-76H2,1-4H3,(H,89,90)(H,91,92)/b13-9-,14-10-,19-15-,25-21-,26-22-,31-27-,32-28-,35-33-,36-34-,40-38-,45-41-,48-46-,55-51-,60-56-. The fourth-order valence-corrected chi connectivity index (χ4v) is 11.0. The van der Waals surface area contributed by atoms with Crippen molar-refractivity contribution < 1.29 is 80.2 Å². The van der Waals surface area contributed by atoms with Gasteiger partial charge in [0.1, 0.15) is 19.3 Å². The number of hydrogen-bond donors (Lipinski definition) is 3. The molecule has 0 saturated carbocycles. The second-order valence-corrected chi connectivity index (χ2v) is 27.7. The molecule has 0 radical (unpaired) electrons. The fourth-order valence-electron chi connectivity index (χ4n) is 9.37. The summed E-state index contributed by atoms with van der Waals surface area (Å²) in [5, 5.41) is 10.6. The Morgan fingerprint density at radius 3 is 0.922 bits per heavy atom. The lowest BCUT2D eigenvalue weighted by Crippen LogP contribution is -2.30. The van der Waals surface area contributed by atoms with Gasteiger partial charge in [-0.05, 0) is 154 Å². The highest BCUT2D eigenvalue weighted by molar-refractivity contribution is 7.47. The van der Waals surface area contributed by atoms with Crippen LogP contribution in [0.1, 0.15) is 272 Å². The van der Waals surface area contributed by atoms with Crippen LogP contribution in [-0.2, 0) is 65.4 Å². The minimum atomic E-state index is -5.00. The average molecular weight is 1470 g/mol. The zero-order valence-electron chi connectivity index (χ0n) is 63.0. The van der Waals surface area contributed by atoms with Crippen molar-refractivity contribution in [2.24, 2.45) is 0 Å². The SMILES string of the molecule is CC/C=C\C/C=C\C/C=C\C/C=C\C/C=C\C/C=C\CCC(=O)OCC(COP(=O)(O)OCC(O)COP(=O)(O)OCC(COC(=O)CCC/C=C\C/C=C\C/C=C\C/C=C\C/C=C\CC)OC(=O)CCCCCCC/C=C\C/C=C\CCC)OC(=O)CCCCCCC/C=C\CCCCCC. The zero-order valence-corrected chi connectivity index (χ0v) is 64.8. The van der Waals surface area contributed by atoms with Crippen LogP contribution in [0.3, 0.4) is 0 Å². The van der Waals surface area contributed by atoms with Crippen molar-refractivity contribution in [3.8, 4) is 0 Å². The molecule has 0 rings (SSSR count). The largest absolute Gasteiger partial charge is 0.472 e. The molecule has 17 nitrogen and oxygen atoms in total. The monoisotopic (exact) mass is 1460 g/mol. The summed E-state index contributed by atoms with van der Waals surface area (Å²) < 4.78 is 68.3. The third-order valence-corrected chi connectivity index (χ3v) is 17.0. The molecule has 3 N–H and O–H groups in total. The van der Waals surface area contributed by atoms with E-state index in [-0.39, 0.29) is 25.7 Å². The third-order valence-electron chi connectivity index (χ3n) is 15.1. The van der Waals surface area contributed by atoms with Crippen LogP contribution < -0.4 is 0 Å². The Bertz CT molecular complexity index is 2600. The van der Waals surface area contributed by atoms with E-state index in [1.807, 2.05) is 30.4 Å². The normalized spacial score (nSPS) is 14.9. The predicted molar refractivity (Wildman–Crippen MR) is 417 cm³/mol. The second kappa shape index (κ2) is 73.7. The molecule has 0 aromatic rings. The van der Waals surface area contributed by atoms with Crippen molar-refractivity contribution in [1.82, 2.24) is 0 Å². The maximum Gasteiger partial charge on any atom is 0.472 e. The smallest absolute Gasteiger partial charge is 0.462 e. The van der Waals surface area contributed by atoms with E-state index in [1.54, 1.807) is 0 Å². The molecule has 0 fully saturated rings. The number of unbranched alkanes of at least 4 members (excludes halogenated alkanes) is 16. The van der Waals surface area contributed by atoms with Crippen molar-refractivity contribution in [2.45, 2.75) is 290 Å². The van der Waals surface area contributed by atoms with Crippen LogP contribution in [0.15, 0.2) is 170 Å². The van der Waals surface area contributed by atoms with Crippen LogP contribution >= 0.6 is 15.6 Å². The third kappa shape index (κ3) is 72.8. The van der Waals surface area contributed by atoms with Gasteiger partial charge < -0.3 is 33.8 Å². The minimum absolute atomic E-state index is 0.0281. The van der Waals surface area contributed by atoms with E-state index in [1.165, 1.54) is 25.7 Å². The molecule has 0 saturated heterocycles. The van der Waals surface area contributed by atoms with E-state index in [4.69, 9.17) is 37.0 Å². The molecule has 0 spiro atoms. The Balaban J connectivity index is 5.47. The van der Waals surface area contributed by atoms with E-state index in [0.717, 1.165) is 154 Å². The van der Waals surface area contributed by atoms with Gasteiger partial charge in [0.2, 0.25) is 0 Å². The Morgan fingerprint density at radius 1 is 0.284 bits per heavy atom. The highest BCUT2D eigenvalue weighted by atomic mass is 31.2. The summed E-state index contributed by atoms with van der Waals surface area (Å²) in [4.78, 5) is 72.8. The minimum Gasteiger partial charge on any atom is -0.462 e. The molecular weight excluding hydrogens is 1330 g/mol. The molecule has 578 valence electrons. The Morgan fingerprint density at radius 2 is 0.559 bits per heavy atom. The van der Waals surface area contributed by atoms with Gasteiger partial charge in [-0.25, -0.2) is 9.13 Å². The van der Waals surface area contributed by atoms with Crippen LogP contribution in [0, 0.1) is 0 Å². The molecule has 0 amide bonds. The number of ether oxygens (including phenoxy) is 4. The van der Waals surface area contributed by atoms with Crippen molar-refractivity contribution >= 4 is 39.5 Å². The average Bonchev–Trinajstić information content (AvgIpc) is 0.909. The lowest BCUT2D eigenvalue weighted by Gasteiger charge is -2.21. The number of rotatable bonds is 70. The Labute approximate surface area is 616 Å². The number of hydrogen-bond acceptors (Lipinski definition) is 15. The summed E-state index contributed by atoms with van der Waals surface area (Å²) >= 11 is 0. The summed E-state index contributed by atoms with van der Waals surface area (Å²) in [7, 11) is -10.0. The Kier molecular flexibility index (Phi) is 69.7. The Hall–Kier alpha value is -5.58. The predicted octanol–water partition coefficient (Wildman–Crippen LogP) is 22.2. The van der Waals surface area contributed by atoms with Crippen molar-refractivity contribution in [2.75, 3.05) is 39.6 Å². The van der Waals surface area contributed by atoms with Gasteiger partial charge in [-0.3, -0.25) is 37.3 Å². The lowest BCUT2D eigenvalue weighted by molar-refractivity contribution is -0.161. The summed E-state index contributed by atoms with van der Waals surface area (Å²) in [5.74, 6) is -2.38. The van der Waals surface area contributed by atoms with E-state index >= 15 is 0 Å². The van der Waals surface area contributed by atoms with Gasteiger partial charge >= 0.3 is 39.5 Å². The molecular formula is C83H134O17P2. The van der Waals surface area contributed by atoms with E-state index in [9.17, 15) is 43.2 Å². The molecule has 102 heavy (non-hydrogen) atoms. The zero-order chi connectivity index (χ0) is 74.6. The molecule has 0 aliphatic heterocycles. The maximum atomic E-state index is 13.1. The van der Waals surface area contributed by atoms with Gasteiger partial charge in [0.05, 0.1) is 26.4 Å². The van der Waals surface area contributed by atoms with Crippen LogP contribution in [0.4, 0.5) is 0 Å². The first-order valence-corrected chi connectivity index (χ1v) is 41.4. The number of esters is 4. The molecule has 19 heteroatoms. The van der Waals surface area contributed by atoms with Gasteiger partial charge in [0, 0.05) is 25.7 Å². The van der Waals surface area contributed by atoms with Gasteiger partial charge in [-0.15, -0.1) is 0 Å². The molecule has 0 bridgehead atoms. The fraction of sp³-hybridized carbons (Fsp3) is 0.614. The van der Waals surface area contributed by atoms with Crippen molar-refractivity contribution in [1.29, 1.82) is 0 Å². The molecule has 0 aliphatic carbocycles. The van der Waals surface area contributed by atoms with Crippen LogP contribution in [0.25, 0.3) is 0 Å². The highest BCUT2D eigenvalue weighted by Crippen LogP contribution is 2.45. The van der Waals surface area contributed by atoms with Gasteiger partial charge in [-0.1, -0.05) is 262 Å². The van der Waals surface area contributed by atoms with Crippen molar-refractivity contribution in [3.63, 3.8) is 0 Å². The number of carbonyl (C=O) groups excluding carboxylic acids is 4. The van der Waals surface area contributed by atoms with E-state index in [2.05, 4.69) is 167 Å². The summed E-state index contributed by atoms with van der Waals surface area (Å²) in [6.07, 6.45) is 86.6. The summed E-state index contributed by atoms with van der Waals surface area (Å²) in [6, 6.07) is 0. The highest BCUT2D eigenvalue weighted by Gasteiger charge is 2.30. The lowest BCUT2D eigenvalue weighted by atomic mass is 10.1. The number of phosphoric acid groups is 2. The molecule has 0 heterocycles. The number of aliphatic hydroxyl groups is 1. The van der Waals surface area contributed by atoms with Crippen LogP contribution in [0.5, 0.6) is 0 Å². The van der Waals surface area contributed by atoms with E-state index in [0.29, 0.717) is 38.5 Å². The number of phosphoric ester groups is 2. The number of aliphatic hydroxyl groups excluding tert-OH is 1. The molecule has 5 atom stereocenters. The van der Waals surface area contributed by atoms with Crippen LogP contribution in [0.2, 0.25) is 0 Å². The molecule has 5 unspecified atom stereocenters. The van der Waals surface area contributed by atoms with Crippen LogP contribution in [-0.4, -0.2) is 96.7 Å². The van der Waals surface area contributed by atoms with Gasteiger partial charge in [0.15, 0.2) is 12.2 Å². The van der Waals surface area contributed by atoms with Gasteiger partial charge in [-0.2, -0.15) is 0 Å². The summed E-state index contributed by atoms with van der Waals surface area (Å²) in [5.41, 5.74) is 0. The first-order valence-electron chi connectivity index (χ1n) is 38.4. The second-order valence-electron chi connectivity index (χ2n) is 24.8. The summed E-state index contributed by atoms with van der Waals surface area (Å²) in [6.45, 7) is 4.36. The molecule has 0 aliphatic rings.